The summed E-state index contributed by atoms with van der Waals surface area (Å²) in [5.41, 5.74) is -1.34. The van der Waals surface area contributed by atoms with E-state index in [1.807, 2.05) is 0 Å². The number of hydrogen-bond donors (Lipinski definition) is 1. The van der Waals surface area contributed by atoms with Crippen molar-refractivity contribution in [2.75, 3.05) is 16.2 Å². The molecule has 0 aromatic heterocycles. The molecule has 12 heteroatoms. The van der Waals surface area contributed by atoms with Crippen LogP contribution in [0.25, 0.3) is 0 Å². The van der Waals surface area contributed by atoms with Crippen molar-refractivity contribution in [1.29, 1.82) is 0 Å². The summed E-state index contributed by atoms with van der Waals surface area (Å²) < 4.78 is 68.1. The summed E-state index contributed by atoms with van der Waals surface area (Å²) in [6, 6.07) is 21.3. The molecule has 0 saturated carbocycles. The van der Waals surface area contributed by atoms with Gasteiger partial charge >= 0.3 is 6.18 Å². The third-order valence-electron chi connectivity index (χ3n) is 5.70. The number of anilines is 2. The summed E-state index contributed by atoms with van der Waals surface area (Å²) in [6.07, 6.45) is -4.81. The highest BCUT2D eigenvalue weighted by Gasteiger charge is 2.34. The first-order valence-corrected chi connectivity index (χ1v) is 13.7. The van der Waals surface area contributed by atoms with Crippen LogP contribution in [0.2, 0.25) is 10.0 Å². The number of sulfonamides is 1. The third-order valence-corrected chi connectivity index (χ3v) is 8.03. The number of rotatable bonds is 8. The van der Waals surface area contributed by atoms with Gasteiger partial charge in [0, 0.05) is 16.1 Å². The van der Waals surface area contributed by atoms with Crippen LogP contribution in [0.3, 0.4) is 0 Å². The predicted molar refractivity (Wildman–Crippen MR) is 147 cm³/mol. The van der Waals surface area contributed by atoms with Gasteiger partial charge in [-0.05, 0) is 48.5 Å². The van der Waals surface area contributed by atoms with Crippen LogP contribution in [-0.4, -0.2) is 26.7 Å². The first-order valence-electron chi connectivity index (χ1n) is 11.5. The molecule has 0 aliphatic rings. The largest absolute Gasteiger partial charge is 0.416 e. The molecule has 206 valence electrons. The maximum Gasteiger partial charge on any atom is 0.416 e. The monoisotopic (exact) mass is 606 g/mol. The Morgan fingerprint density at radius 2 is 1.45 bits per heavy atom. The molecule has 0 saturated heterocycles. The molecule has 0 heterocycles. The van der Waals surface area contributed by atoms with Gasteiger partial charge in [-0.15, -0.1) is 0 Å². The zero-order chi connectivity index (χ0) is 29.1. The number of carbonyl (C=O) groups is 2. The summed E-state index contributed by atoms with van der Waals surface area (Å²) in [7, 11) is -4.57. The van der Waals surface area contributed by atoms with E-state index in [9.17, 15) is 31.2 Å². The van der Waals surface area contributed by atoms with Crippen LogP contribution in [0.5, 0.6) is 0 Å². The van der Waals surface area contributed by atoms with Crippen LogP contribution in [-0.2, 0) is 21.0 Å². The van der Waals surface area contributed by atoms with Crippen LogP contribution in [0.4, 0.5) is 24.5 Å². The van der Waals surface area contributed by atoms with Gasteiger partial charge in [-0.3, -0.25) is 13.9 Å². The van der Waals surface area contributed by atoms with Crippen molar-refractivity contribution in [2.45, 2.75) is 11.1 Å². The Kier molecular flexibility index (Phi) is 8.53. The fourth-order valence-electron chi connectivity index (χ4n) is 3.78. The molecule has 1 amide bonds. The lowest BCUT2D eigenvalue weighted by atomic mass is 10.0. The zero-order valence-corrected chi connectivity index (χ0v) is 22.7. The molecular formula is C28H19Cl2F3N2O4S. The summed E-state index contributed by atoms with van der Waals surface area (Å²) in [5, 5.41) is 2.37. The Hall–Kier alpha value is -3.86. The second-order valence-corrected chi connectivity index (χ2v) is 11.1. The maximum atomic E-state index is 13.6. The number of amides is 1. The van der Waals surface area contributed by atoms with E-state index >= 15 is 0 Å². The highest BCUT2D eigenvalue weighted by Crippen LogP contribution is 2.37. The molecule has 0 unspecified atom stereocenters. The van der Waals surface area contributed by atoms with Crippen LogP contribution in [0.15, 0.2) is 102 Å². The van der Waals surface area contributed by atoms with Crippen molar-refractivity contribution in [3.8, 4) is 0 Å². The lowest BCUT2D eigenvalue weighted by Gasteiger charge is -2.26. The molecule has 4 aromatic rings. The van der Waals surface area contributed by atoms with Crippen molar-refractivity contribution >= 4 is 56.3 Å². The van der Waals surface area contributed by atoms with E-state index in [2.05, 4.69) is 5.32 Å². The van der Waals surface area contributed by atoms with Crippen LogP contribution >= 0.6 is 23.2 Å². The Morgan fingerprint density at radius 3 is 2.08 bits per heavy atom. The van der Waals surface area contributed by atoms with Gasteiger partial charge in [-0.2, -0.15) is 13.2 Å². The minimum Gasteiger partial charge on any atom is -0.324 e. The fraction of sp³-hybridized carbons (Fsp3) is 0.0714. The molecule has 0 fully saturated rings. The minimum absolute atomic E-state index is 0.0236. The molecule has 4 aromatic carbocycles. The van der Waals surface area contributed by atoms with Gasteiger partial charge in [0.05, 0.1) is 26.9 Å². The molecule has 1 N–H and O–H groups in total. The van der Waals surface area contributed by atoms with Gasteiger partial charge in [0.15, 0.2) is 5.78 Å². The number of benzene rings is 4. The van der Waals surface area contributed by atoms with Crippen molar-refractivity contribution in [3.63, 3.8) is 0 Å². The average Bonchev–Trinajstić information content (AvgIpc) is 2.93. The van der Waals surface area contributed by atoms with E-state index in [1.54, 1.807) is 36.4 Å². The van der Waals surface area contributed by atoms with Gasteiger partial charge < -0.3 is 5.32 Å². The van der Waals surface area contributed by atoms with Crippen LogP contribution < -0.4 is 9.62 Å². The van der Waals surface area contributed by atoms with E-state index in [4.69, 9.17) is 23.2 Å². The third kappa shape index (κ3) is 6.47. The summed E-state index contributed by atoms with van der Waals surface area (Å²) in [6.45, 7) is -0.958. The van der Waals surface area contributed by atoms with Crippen LogP contribution in [0, 0.1) is 0 Å². The van der Waals surface area contributed by atoms with Crippen molar-refractivity contribution < 1.29 is 31.2 Å². The topological polar surface area (TPSA) is 83.6 Å². The Bertz CT molecular complexity index is 1670. The quantitative estimate of drug-likeness (QED) is 0.217. The molecule has 6 nitrogen and oxygen atoms in total. The van der Waals surface area contributed by atoms with Gasteiger partial charge in [0.25, 0.3) is 10.0 Å². The van der Waals surface area contributed by atoms with Crippen molar-refractivity contribution in [3.05, 3.63) is 124 Å². The molecule has 0 radical (unpaired) electrons. The molecule has 0 aliphatic heterocycles. The molecule has 0 aliphatic carbocycles. The van der Waals surface area contributed by atoms with E-state index in [-0.39, 0.29) is 26.2 Å². The van der Waals surface area contributed by atoms with Gasteiger partial charge in [0.2, 0.25) is 5.91 Å². The summed E-state index contributed by atoms with van der Waals surface area (Å²) in [4.78, 5) is 26.1. The number of nitrogens with zero attached hydrogens (tertiary/aromatic N) is 1. The normalized spacial score (nSPS) is 11.6. The number of nitrogens with one attached hydrogen (secondary N) is 1. The Morgan fingerprint density at radius 1 is 0.825 bits per heavy atom. The first-order chi connectivity index (χ1) is 18.9. The number of ketones is 1. The smallest absolute Gasteiger partial charge is 0.324 e. The lowest BCUT2D eigenvalue weighted by molar-refractivity contribution is -0.137. The Balaban J connectivity index is 1.74. The average molecular weight is 607 g/mol. The van der Waals surface area contributed by atoms with E-state index in [0.29, 0.717) is 22.0 Å². The van der Waals surface area contributed by atoms with E-state index in [0.717, 1.165) is 6.07 Å². The Labute approximate surface area is 238 Å². The predicted octanol–water partition coefficient (Wildman–Crippen LogP) is 7.08. The summed E-state index contributed by atoms with van der Waals surface area (Å²) >= 11 is 12.3. The van der Waals surface area contributed by atoms with E-state index in [1.165, 1.54) is 42.5 Å². The molecule has 4 rings (SSSR count). The summed E-state index contributed by atoms with van der Waals surface area (Å²) in [5.74, 6) is -1.41. The number of alkyl halides is 3. The number of carbonyl (C=O) groups excluding carboxylic acids is 2. The first kappa shape index (κ1) is 29.1. The second-order valence-electron chi connectivity index (χ2n) is 8.42. The molecule has 0 atom stereocenters. The van der Waals surface area contributed by atoms with Gasteiger partial charge in [0.1, 0.15) is 6.54 Å². The van der Waals surface area contributed by atoms with Crippen molar-refractivity contribution in [1.82, 2.24) is 0 Å². The molecular weight excluding hydrogens is 588 g/mol. The van der Waals surface area contributed by atoms with Gasteiger partial charge in [-0.1, -0.05) is 71.7 Å². The minimum atomic E-state index is -4.81. The fourth-order valence-corrected chi connectivity index (χ4v) is 5.67. The van der Waals surface area contributed by atoms with Crippen LogP contribution in [0.1, 0.15) is 21.5 Å². The SMILES string of the molecule is O=C(CN(c1cc(C(F)(F)F)ccc1Cl)S(=O)(=O)c1ccccc1)Nc1ccc(Cl)cc1C(=O)c1ccccc1. The van der Waals surface area contributed by atoms with Gasteiger partial charge in [-0.25, -0.2) is 8.42 Å². The highest BCUT2D eigenvalue weighted by atomic mass is 35.5. The molecule has 0 spiro atoms. The molecule has 0 bridgehead atoms. The highest BCUT2D eigenvalue weighted by molar-refractivity contribution is 7.92. The zero-order valence-electron chi connectivity index (χ0n) is 20.3. The standard InChI is InChI=1S/C28H19Cl2F3N2O4S/c29-20-12-14-24(22(16-20)27(37)18-7-3-1-4-8-18)34-26(36)17-35(40(38,39)21-9-5-2-6-10-21)25-15-19(28(31,32)33)11-13-23(25)30/h1-16H,17H2,(H,34,36). The maximum absolute atomic E-state index is 13.6. The molecule has 40 heavy (non-hydrogen) atoms. The lowest BCUT2D eigenvalue weighted by Crippen LogP contribution is -2.38. The second kappa shape index (κ2) is 11.7. The van der Waals surface area contributed by atoms with Crippen molar-refractivity contribution in [2.24, 2.45) is 0 Å². The van der Waals surface area contributed by atoms with E-state index < -0.39 is 45.7 Å². The number of halogens is 5. The number of hydrogen-bond acceptors (Lipinski definition) is 4.